The van der Waals surface area contributed by atoms with Gasteiger partial charge in [-0.1, -0.05) is 12.1 Å². The summed E-state index contributed by atoms with van der Waals surface area (Å²) in [5, 5.41) is 18.6. The van der Waals surface area contributed by atoms with Gasteiger partial charge in [0.15, 0.2) is 0 Å². The summed E-state index contributed by atoms with van der Waals surface area (Å²) in [5.74, 6) is 0. The number of hydrogen-bond donors (Lipinski definition) is 2. The average Bonchev–Trinajstić information content (AvgIpc) is 2.89. The third-order valence-electron chi connectivity index (χ3n) is 1.98. The molecule has 1 aromatic rings. The highest BCUT2D eigenvalue weighted by atomic mass is 32.2. The second-order valence-electron chi connectivity index (χ2n) is 3.26. The highest BCUT2D eigenvalue weighted by Gasteiger charge is 2.22. The molecular weight excluding hydrogens is 183 g/mol. The summed E-state index contributed by atoms with van der Waals surface area (Å²) in [6.45, 7) is 0. The van der Waals surface area contributed by atoms with E-state index in [1.807, 2.05) is 30.0 Å². The fraction of sp³-hybridized carbons (Fsp3) is 0.333. The Balaban J connectivity index is 2.11. The zero-order valence-corrected chi connectivity index (χ0v) is 8.00. The first-order chi connectivity index (χ1) is 6.25. The van der Waals surface area contributed by atoms with Crippen molar-refractivity contribution in [3.05, 3.63) is 24.3 Å². The van der Waals surface area contributed by atoms with Crippen molar-refractivity contribution in [2.24, 2.45) is 0 Å². The molecule has 0 saturated heterocycles. The van der Waals surface area contributed by atoms with Gasteiger partial charge < -0.3 is 10.0 Å². The van der Waals surface area contributed by atoms with Crippen molar-refractivity contribution in [2.45, 2.75) is 23.0 Å². The number of rotatable bonds is 3. The standard InChI is InChI=1S/C9H11BO2S/c11-10(12)7-2-1-3-9(6-7)13-8-4-5-8/h1-3,6,8,11-12H,4-5H2. The Bertz CT molecular complexity index is 299. The van der Waals surface area contributed by atoms with Gasteiger partial charge in [0.05, 0.1) is 0 Å². The van der Waals surface area contributed by atoms with Crippen LogP contribution in [0.4, 0.5) is 0 Å². The zero-order chi connectivity index (χ0) is 9.26. The first-order valence-electron chi connectivity index (χ1n) is 4.38. The molecule has 1 aliphatic carbocycles. The maximum Gasteiger partial charge on any atom is 0.488 e. The van der Waals surface area contributed by atoms with E-state index in [-0.39, 0.29) is 0 Å². The van der Waals surface area contributed by atoms with E-state index in [1.54, 1.807) is 6.07 Å². The fourth-order valence-corrected chi connectivity index (χ4v) is 2.24. The van der Waals surface area contributed by atoms with Gasteiger partial charge in [-0.25, -0.2) is 0 Å². The predicted molar refractivity (Wildman–Crippen MR) is 55.1 cm³/mol. The third-order valence-corrected chi connectivity index (χ3v) is 3.31. The summed E-state index contributed by atoms with van der Waals surface area (Å²) < 4.78 is 0. The van der Waals surface area contributed by atoms with Gasteiger partial charge in [0.25, 0.3) is 0 Å². The summed E-state index contributed by atoms with van der Waals surface area (Å²) in [5.41, 5.74) is 0.575. The highest BCUT2D eigenvalue weighted by molar-refractivity contribution is 8.00. The summed E-state index contributed by atoms with van der Waals surface area (Å²) in [6, 6.07) is 7.43. The molecule has 0 unspecified atom stereocenters. The van der Waals surface area contributed by atoms with Crippen LogP contribution in [0.2, 0.25) is 0 Å². The maximum absolute atomic E-state index is 8.94. The smallest absolute Gasteiger partial charge is 0.423 e. The average molecular weight is 194 g/mol. The largest absolute Gasteiger partial charge is 0.488 e. The van der Waals surface area contributed by atoms with Crippen molar-refractivity contribution in [3.8, 4) is 0 Å². The third kappa shape index (κ3) is 2.50. The van der Waals surface area contributed by atoms with Crippen molar-refractivity contribution in [3.63, 3.8) is 0 Å². The second-order valence-corrected chi connectivity index (χ2v) is 4.64. The fourth-order valence-electron chi connectivity index (χ4n) is 1.13. The molecule has 1 aromatic carbocycles. The van der Waals surface area contributed by atoms with Crippen LogP contribution in [0.15, 0.2) is 29.2 Å². The molecule has 2 nitrogen and oxygen atoms in total. The van der Waals surface area contributed by atoms with Gasteiger partial charge in [-0.2, -0.15) is 0 Å². The van der Waals surface area contributed by atoms with E-state index in [1.165, 1.54) is 12.8 Å². The molecule has 4 heteroatoms. The van der Waals surface area contributed by atoms with Gasteiger partial charge in [0.1, 0.15) is 0 Å². The van der Waals surface area contributed by atoms with Gasteiger partial charge in [-0.15, -0.1) is 11.8 Å². The second kappa shape index (κ2) is 3.74. The van der Waals surface area contributed by atoms with Crippen LogP contribution >= 0.6 is 11.8 Å². The summed E-state index contributed by atoms with van der Waals surface area (Å²) in [7, 11) is -1.35. The minimum absolute atomic E-state index is 0.575. The Hall–Kier alpha value is -0.445. The van der Waals surface area contributed by atoms with E-state index < -0.39 is 7.12 Å². The lowest BCUT2D eigenvalue weighted by atomic mass is 9.80. The molecule has 0 aliphatic heterocycles. The first-order valence-corrected chi connectivity index (χ1v) is 5.26. The van der Waals surface area contributed by atoms with Gasteiger partial charge in [-0.05, 0) is 30.4 Å². The van der Waals surface area contributed by atoms with Crippen molar-refractivity contribution < 1.29 is 10.0 Å². The van der Waals surface area contributed by atoms with Crippen LogP contribution in [0.3, 0.4) is 0 Å². The minimum atomic E-state index is -1.35. The van der Waals surface area contributed by atoms with E-state index in [0.29, 0.717) is 5.46 Å². The van der Waals surface area contributed by atoms with Gasteiger partial charge in [0.2, 0.25) is 0 Å². The summed E-state index contributed by atoms with van der Waals surface area (Å²) in [4.78, 5) is 1.13. The van der Waals surface area contributed by atoms with Crippen LogP contribution in [0.25, 0.3) is 0 Å². The number of thioether (sulfide) groups is 1. The Labute approximate surface area is 82.1 Å². The predicted octanol–water partition coefficient (Wildman–Crippen LogP) is 0.621. The molecule has 0 radical (unpaired) electrons. The quantitative estimate of drug-likeness (QED) is 0.693. The Morgan fingerprint density at radius 3 is 2.69 bits per heavy atom. The van der Waals surface area contributed by atoms with E-state index in [2.05, 4.69) is 0 Å². The molecule has 2 rings (SSSR count). The van der Waals surface area contributed by atoms with Crippen LogP contribution in [0, 0.1) is 0 Å². The molecule has 0 aromatic heterocycles. The monoisotopic (exact) mass is 194 g/mol. The Morgan fingerprint density at radius 2 is 2.08 bits per heavy atom. The molecule has 0 heterocycles. The summed E-state index contributed by atoms with van der Waals surface area (Å²) >= 11 is 1.82. The summed E-state index contributed by atoms with van der Waals surface area (Å²) in [6.07, 6.45) is 2.58. The van der Waals surface area contributed by atoms with E-state index >= 15 is 0 Å². The van der Waals surface area contributed by atoms with Crippen LogP contribution in [0.1, 0.15) is 12.8 Å². The van der Waals surface area contributed by atoms with Gasteiger partial charge in [-0.3, -0.25) is 0 Å². The molecule has 0 spiro atoms. The molecule has 1 fully saturated rings. The molecule has 0 bridgehead atoms. The highest BCUT2D eigenvalue weighted by Crippen LogP contribution is 2.38. The molecule has 0 atom stereocenters. The van der Waals surface area contributed by atoms with E-state index in [9.17, 15) is 0 Å². The van der Waals surface area contributed by atoms with Crippen LogP contribution in [-0.2, 0) is 0 Å². The van der Waals surface area contributed by atoms with Crippen LogP contribution in [-0.4, -0.2) is 22.4 Å². The van der Waals surface area contributed by atoms with Crippen LogP contribution < -0.4 is 5.46 Å². The molecule has 0 amide bonds. The molecule has 68 valence electrons. The van der Waals surface area contributed by atoms with Gasteiger partial charge >= 0.3 is 7.12 Å². The lowest BCUT2D eigenvalue weighted by Gasteiger charge is -2.02. The van der Waals surface area contributed by atoms with E-state index in [0.717, 1.165) is 10.1 Å². The lowest BCUT2D eigenvalue weighted by molar-refractivity contribution is 0.425. The Morgan fingerprint density at radius 1 is 1.31 bits per heavy atom. The Kier molecular flexibility index (Phi) is 2.62. The lowest BCUT2D eigenvalue weighted by Crippen LogP contribution is -2.29. The van der Waals surface area contributed by atoms with Crippen molar-refractivity contribution in [2.75, 3.05) is 0 Å². The number of hydrogen-bond acceptors (Lipinski definition) is 3. The maximum atomic E-state index is 8.94. The number of benzene rings is 1. The van der Waals surface area contributed by atoms with Crippen LogP contribution in [0.5, 0.6) is 0 Å². The SMILES string of the molecule is OB(O)c1cccc(SC2CC2)c1. The van der Waals surface area contributed by atoms with Crippen molar-refractivity contribution >= 4 is 24.3 Å². The van der Waals surface area contributed by atoms with Crippen molar-refractivity contribution in [1.82, 2.24) is 0 Å². The molecule has 1 saturated carbocycles. The van der Waals surface area contributed by atoms with Crippen molar-refractivity contribution in [1.29, 1.82) is 0 Å². The molecule has 13 heavy (non-hydrogen) atoms. The topological polar surface area (TPSA) is 40.5 Å². The molecular formula is C9H11BO2S. The van der Waals surface area contributed by atoms with E-state index in [4.69, 9.17) is 10.0 Å². The first kappa shape index (κ1) is 9.12. The minimum Gasteiger partial charge on any atom is -0.423 e. The van der Waals surface area contributed by atoms with Gasteiger partial charge in [0, 0.05) is 10.1 Å². The molecule has 1 aliphatic rings. The zero-order valence-electron chi connectivity index (χ0n) is 7.18. The molecule has 2 N–H and O–H groups in total. The normalized spacial score (nSPS) is 15.8.